The van der Waals surface area contributed by atoms with Crippen LogP contribution >= 0.6 is 0 Å². The van der Waals surface area contributed by atoms with Gasteiger partial charge in [0.1, 0.15) is 11.4 Å². The van der Waals surface area contributed by atoms with E-state index in [4.69, 9.17) is 9.47 Å². The molecular formula is C19H19N3O3. The molecule has 128 valence electrons. The Bertz CT molecular complexity index is 902. The molecule has 0 saturated carbocycles. The van der Waals surface area contributed by atoms with Gasteiger partial charge in [0, 0.05) is 25.0 Å². The molecule has 2 aromatic heterocycles. The summed E-state index contributed by atoms with van der Waals surface area (Å²) in [6.07, 6.45) is 5.69. The summed E-state index contributed by atoms with van der Waals surface area (Å²) in [5, 5.41) is 4.67. The van der Waals surface area contributed by atoms with Gasteiger partial charge in [-0.3, -0.25) is 4.98 Å². The molecule has 3 rings (SSSR count). The minimum atomic E-state index is -0.376. The third-order valence-electron chi connectivity index (χ3n) is 4.00. The normalized spacial score (nSPS) is 10.5. The summed E-state index contributed by atoms with van der Waals surface area (Å²) < 4.78 is 12.0. The molecule has 0 aliphatic rings. The summed E-state index contributed by atoms with van der Waals surface area (Å²) in [6, 6.07) is 9.35. The van der Waals surface area contributed by atoms with Crippen molar-refractivity contribution in [1.82, 2.24) is 14.8 Å². The van der Waals surface area contributed by atoms with E-state index < -0.39 is 0 Å². The number of hydrogen-bond acceptors (Lipinski definition) is 5. The second-order valence-electron chi connectivity index (χ2n) is 5.58. The van der Waals surface area contributed by atoms with E-state index in [0.29, 0.717) is 12.0 Å². The number of pyridine rings is 1. The van der Waals surface area contributed by atoms with Gasteiger partial charge in [0.25, 0.3) is 0 Å². The lowest BCUT2D eigenvalue weighted by Crippen LogP contribution is -2.07. The van der Waals surface area contributed by atoms with Crippen molar-refractivity contribution in [3.05, 3.63) is 71.3 Å². The molecule has 1 aromatic carbocycles. The van der Waals surface area contributed by atoms with Crippen LogP contribution in [0.3, 0.4) is 0 Å². The van der Waals surface area contributed by atoms with Gasteiger partial charge in [0.05, 0.1) is 25.5 Å². The lowest BCUT2D eigenvalue weighted by Gasteiger charge is -2.08. The first-order valence-corrected chi connectivity index (χ1v) is 7.83. The maximum Gasteiger partial charge on any atom is 0.338 e. The van der Waals surface area contributed by atoms with E-state index in [1.54, 1.807) is 30.3 Å². The van der Waals surface area contributed by atoms with Crippen LogP contribution < -0.4 is 4.74 Å². The van der Waals surface area contributed by atoms with Gasteiger partial charge < -0.3 is 9.47 Å². The van der Waals surface area contributed by atoms with Crippen LogP contribution in [-0.4, -0.2) is 35.0 Å². The number of para-hydroxylation sites is 2. The monoisotopic (exact) mass is 337 g/mol. The molecule has 0 atom stereocenters. The molecule has 2 heterocycles. The maximum absolute atomic E-state index is 11.9. The van der Waals surface area contributed by atoms with E-state index in [1.165, 1.54) is 7.11 Å². The zero-order valence-electron chi connectivity index (χ0n) is 14.4. The number of rotatable bonds is 5. The Kier molecular flexibility index (Phi) is 4.79. The number of hydrogen-bond donors (Lipinski definition) is 0. The second kappa shape index (κ2) is 7.17. The summed E-state index contributed by atoms with van der Waals surface area (Å²) in [4.78, 5) is 16.0. The van der Waals surface area contributed by atoms with Crippen molar-refractivity contribution in [2.45, 2.75) is 13.3 Å². The number of carbonyl (C=O) groups excluding carboxylic acids is 1. The van der Waals surface area contributed by atoms with Crippen LogP contribution in [0.15, 0.2) is 48.9 Å². The van der Waals surface area contributed by atoms with Gasteiger partial charge in [-0.15, -0.1) is 0 Å². The number of methoxy groups -OCH3 is 2. The Morgan fingerprint density at radius 1 is 1.20 bits per heavy atom. The summed E-state index contributed by atoms with van der Waals surface area (Å²) >= 11 is 0. The molecule has 6 heteroatoms. The fraction of sp³-hybridized carbons (Fsp3) is 0.211. The highest BCUT2D eigenvalue weighted by Crippen LogP contribution is 2.23. The SMILES string of the molecule is COC(=O)c1ccncc1Cc1nn(-c2ccccc2OC)cc1C. The Labute approximate surface area is 146 Å². The lowest BCUT2D eigenvalue weighted by molar-refractivity contribution is 0.0599. The van der Waals surface area contributed by atoms with E-state index in [9.17, 15) is 4.79 Å². The van der Waals surface area contributed by atoms with Crippen LogP contribution in [0.25, 0.3) is 5.69 Å². The third kappa shape index (κ3) is 3.38. The molecular weight excluding hydrogens is 318 g/mol. The summed E-state index contributed by atoms with van der Waals surface area (Å²) in [7, 11) is 3.00. The number of aromatic nitrogens is 3. The predicted molar refractivity (Wildman–Crippen MR) is 93.2 cm³/mol. The highest BCUT2D eigenvalue weighted by atomic mass is 16.5. The molecule has 0 amide bonds. The second-order valence-corrected chi connectivity index (χ2v) is 5.58. The Morgan fingerprint density at radius 2 is 2.00 bits per heavy atom. The minimum Gasteiger partial charge on any atom is -0.494 e. The number of ether oxygens (including phenoxy) is 2. The van der Waals surface area contributed by atoms with Crippen molar-refractivity contribution in [3.63, 3.8) is 0 Å². The van der Waals surface area contributed by atoms with Crippen LogP contribution in [0.2, 0.25) is 0 Å². The number of benzene rings is 1. The van der Waals surface area contributed by atoms with Gasteiger partial charge in [-0.25, -0.2) is 9.48 Å². The zero-order chi connectivity index (χ0) is 17.8. The van der Waals surface area contributed by atoms with Gasteiger partial charge in [-0.1, -0.05) is 12.1 Å². The van der Waals surface area contributed by atoms with E-state index in [2.05, 4.69) is 10.1 Å². The predicted octanol–water partition coefficient (Wildman–Crippen LogP) is 2.96. The Balaban J connectivity index is 1.96. The number of nitrogens with zero attached hydrogens (tertiary/aromatic N) is 3. The van der Waals surface area contributed by atoms with Gasteiger partial charge in [0.2, 0.25) is 0 Å². The molecule has 0 unspecified atom stereocenters. The summed E-state index contributed by atoms with van der Waals surface area (Å²) in [6.45, 7) is 1.99. The van der Waals surface area contributed by atoms with Crippen LogP contribution in [0, 0.1) is 6.92 Å². The first-order chi connectivity index (χ1) is 12.1. The van der Waals surface area contributed by atoms with E-state index in [-0.39, 0.29) is 5.97 Å². The van der Waals surface area contributed by atoms with Gasteiger partial charge >= 0.3 is 5.97 Å². The number of carbonyl (C=O) groups is 1. The summed E-state index contributed by atoms with van der Waals surface area (Å²) in [5.41, 5.74) is 4.03. The van der Waals surface area contributed by atoms with Gasteiger partial charge in [-0.05, 0) is 36.2 Å². The molecule has 0 saturated heterocycles. The minimum absolute atomic E-state index is 0.376. The van der Waals surface area contributed by atoms with Crippen LogP contribution in [0.4, 0.5) is 0 Å². The molecule has 0 fully saturated rings. The molecule has 0 aliphatic carbocycles. The molecule has 0 aliphatic heterocycles. The first-order valence-electron chi connectivity index (χ1n) is 7.83. The molecule has 0 radical (unpaired) electrons. The molecule has 0 spiro atoms. The Morgan fingerprint density at radius 3 is 2.76 bits per heavy atom. The number of esters is 1. The molecule has 0 N–H and O–H groups in total. The van der Waals surface area contributed by atoms with E-state index in [1.807, 2.05) is 37.4 Å². The van der Waals surface area contributed by atoms with Crippen LogP contribution in [0.5, 0.6) is 5.75 Å². The fourth-order valence-corrected chi connectivity index (χ4v) is 2.67. The van der Waals surface area contributed by atoms with Crippen LogP contribution in [0.1, 0.15) is 27.2 Å². The van der Waals surface area contributed by atoms with E-state index in [0.717, 1.165) is 28.3 Å². The fourth-order valence-electron chi connectivity index (χ4n) is 2.67. The van der Waals surface area contributed by atoms with Crippen molar-refractivity contribution in [2.24, 2.45) is 0 Å². The van der Waals surface area contributed by atoms with E-state index >= 15 is 0 Å². The lowest BCUT2D eigenvalue weighted by atomic mass is 10.0. The smallest absolute Gasteiger partial charge is 0.338 e. The van der Waals surface area contributed by atoms with Crippen molar-refractivity contribution >= 4 is 5.97 Å². The summed E-state index contributed by atoms with van der Waals surface area (Å²) in [5.74, 6) is 0.368. The molecule has 6 nitrogen and oxygen atoms in total. The average Bonchev–Trinajstić information content (AvgIpc) is 3.02. The largest absolute Gasteiger partial charge is 0.494 e. The number of aryl methyl sites for hydroxylation is 1. The highest BCUT2D eigenvalue weighted by molar-refractivity contribution is 5.90. The average molecular weight is 337 g/mol. The van der Waals surface area contributed by atoms with Crippen molar-refractivity contribution in [3.8, 4) is 11.4 Å². The topological polar surface area (TPSA) is 66.2 Å². The molecule has 3 aromatic rings. The van der Waals surface area contributed by atoms with Crippen LogP contribution in [-0.2, 0) is 11.2 Å². The van der Waals surface area contributed by atoms with Gasteiger partial charge in [-0.2, -0.15) is 5.10 Å². The zero-order valence-corrected chi connectivity index (χ0v) is 14.4. The molecule has 0 bridgehead atoms. The Hall–Kier alpha value is -3.15. The van der Waals surface area contributed by atoms with Crippen molar-refractivity contribution < 1.29 is 14.3 Å². The van der Waals surface area contributed by atoms with Crippen molar-refractivity contribution in [1.29, 1.82) is 0 Å². The highest BCUT2D eigenvalue weighted by Gasteiger charge is 2.15. The third-order valence-corrected chi connectivity index (χ3v) is 4.00. The first kappa shape index (κ1) is 16.7. The quantitative estimate of drug-likeness (QED) is 0.670. The maximum atomic E-state index is 11.9. The standard InChI is InChI=1S/C19H19N3O3/c1-13-12-22(17-6-4-5-7-18(17)24-2)21-16(13)10-14-11-20-9-8-15(14)19(23)25-3/h4-9,11-12H,10H2,1-3H3. The van der Waals surface area contributed by atoms with Gasteiger partial charge in [0.15, 0.2) is 0 Å². The molecule has 25 heavy (non-hydrogen) atoms. The van der Waals surface area contributed by atoms with Crippen molar-refractivity contribution in [2.75, 3.05) is 14.2 Å².